The first kappa shape index (κ1) is 17.5. The van der Waals surface area contributed by atoms with E-state index in [0.29, 0.717) is 0 Å². The number of sulfonamides is 1. The van der Waals surface area contributed by atoms with Gasteiger partial charge in [0.2, 0.25) is 10.0 Å². The average molecular weight is 361 g/mol. The third-order valence-electron chi connectivity index (χ3n) is 2.52. The molecule has 9 heteroatoms. The summed E-state index contributed by atoms with van der Waals surface area (Å²) in [7, 11) is -3.93. The van der Waals surface area contributed by atoms with Gasteiger partial charge in [-0.1, -0.05) is 41.7 Å². The van der Waals surface area contributed by atoms with Crippen LogP contribution in [0.1, 0.15) is 13.3 Å². The molecule has 0 amide bonds. The molecule has 1 unspecified atom stereocenters. The van der Waals surface area contributed by atoms with Crippen LogP contribution in [0.4, 0.5) is 0 Å². The van der Waals surface area contributed by atoms with E-state index in [1.54, 1.807) is 0 Å². The summed E-state index contributed by atoms with van der Waals surface area (Å²) in [5.41, 5.74) is 0. The van der Waals surface area contributed by atoms with Crippen molar-refractivity contribution >= 4 is 50.8 Å². The van der Waals surface area contributed by atoms with Crippen molar-refractivity contribution in [1.82, 2.24) is 4.72 Å². The second-order valence-electron chi connectivity index (χ2n) is 4.12. The molecule has 1 aromatic carbocycles. The van der Waals surface area contributed by atoms with Crippen molar-refractivity contribution in [2.75, 3.05) is 6.54 Å². The number of benzene rings is 1. The molecule has 20 heavy (non-hydrogen) atoms. The Bertz CT molecular complexity index is 595. The van der Waals surface area contributed by atoms with Gasteiger partial charge in [0.25, 0.3) is 0 Å². The molecule has 1 aromatic rings. The molecule has 1 atom stereocenters. The van der Waals surface area contributed by atoms with Gasteiger partial charge >= 0.3 is 5.97 Å². The molecule has 0 aliphatic heterocycles. The highest BCUT2D eigenvalue weighted by atomic mass is 35.5. The van der Waals surface area contributed by atoms with Gasteiger partial charge in [-0.3, -0.25) is 4.79 Å². The van der Waals surface area contributed by atoms with Crippen LogP contribution in [0.3, 0.4) is 0 Å². The lowest BCUT2D eigenvalue weighted by molar-refractivity contribution is -0.141. The van der Waals surface area contributed by atoms with Crippen LogP contribution in [-0.4, -0.2) is 26.0 Å². The normalized spacial score (nSPS) is 13.2. The lowest BCUT2D eigenvalue weighted by atomic mass is 10.1. The maximum atomic E-state index is 12.1. The summed E-state index contributed by atoms with van der Waals surface area (Å²) in [6.45, 7) is 1.45. The van der Waals surface area contributed by atoms with Gasteiger partial charge < -0.3 is 5.11 Å². The van der Waals surface area contributed by atoms with Crippen molar-refractivity contribution in [3.63, 3.8) is 0 Å². The minimum absolute atomic E-state index is 0.0366. The number of aliphatic carboxylic acids is 1. The molecule has 0 saturated carbocycles. The van der Waals surface area contributed by atoms with Crippen LogP contribution in [0.2, 0.25) is 15.1 Å². The minimum Gasteiger partial charge on any atom is -0.481 e. The monoisotopic (exact) mass is 359 g/mol. The zero-order valence-electron chi connectivity index (χ0n) is 10.4. The van der Waals surface area contributed by atoms with Gasteiger partial charge in [0.15, 0.2) is 0 Å². The Kier molecular flexibility index (Phi) is 6.09. The van der Waals surface area contributed by atoms with Crippen LogP contribution in [-0.2, 0) is 14.8 Å². The van der Waals surface area contributed by atoms with E-state index in [0.717, 1.165) is 0 Å². The molecular weight excluding hydrogens is 349 g/mol. The molecule has 0 bridgehead atoms. The number of halogens is 3. The Morgan fingerprint density at radius 1 is 1.30 bits per heavy atom. The second-order valence-corrected chi connectivity index (χ2v) is 7.08. The van der Waals surface area contributed by atoms with E-state index in [1.807, 2.05) is 0 Å². The first-order valence-corrected chi connectivity index (χ1v) is 8.14. The van der Waals surface area contributed by atoms with Gasteiger partial charge in [-0.15, -0.1) is 0 Å². The smallest absolute Gasteiger partial charge is 0.306 e. The Labute approximate surface area is 131 Å². The fourth-order valence-electron chi connectivity index (χ4n) is 1.39. The van der Waals surface area contributed by atoms with Crippen LogP contribution in [0.5, 0.6) is 0 Å². The molecule has 112 valence electrons. The highest BCUT2D eigenvalue weighted by Crippen LogP contribution is 2.32. The van der Waals surface area contributed by atoms with Gasteiger partial charge in [-0.2, -0.15) is 0 Å². The zero-order chi connectivity index (χ0) is 15.5. The third-order valence-corrected chi connectivity index (χ3v) is 5.12. The first-order valence-electron chi connectivity index (χ1n) is 5.52. The Morgan fingerprint density at radius 3 is 2.25 bits per heavy atom. The second kappa shape index (κ2) is 6.95. The van der Waals surface area contributed by atoms with Crippen LogP contribution >= 0.6 is 34.8 Å². The number of hydrogen-bond acceptors (Lipinski definition) is 3. The summed E-state index contributed by atoms with van der Waals surface area (Å²) in [6.07, 6.45) is 0.150. The summed E-state index contributed by atoms with van der Waals surface area (Å²) in [5.74, 6) is -1.65. The molecule has 2 N–H and O–H groups in total. The van der Waals surface area contributed by atoms with E-state index in [1.165, 1.54) is 19.1 Å². The molecule has 0 saturated heterocycles. The van der Waals surface area contributed by atoms with Gasteiger partial charge in [0.05, 0.1) is 16.0 Å². The lowest BCUT2D eigenvalue weighted by Crippen LogP contribution is -2.27. The van der Waals surface area contributed by atoms with Gasteiger partial charge in [-0.05, 0) is 18.6 Å². The maximum absolute atomic E-state index is 12.1. The molecule has 1 rings (SSSR count). The number of rotatable bonds is 6. The van der Waals surface area contributed by atoms with E-state index in [4.69, 9.17) is 39.9 Å². The van der Waals surface area contributed by atoms with Crippen LogP contribution in [0.25, 0.3) is 0 Å². The van der Waals surface area contributed by atoms with Crippen LogP contribution in [0.15, 0.2) is 17.0 Å². The molecule has 0 aromatic heterocycles. The largest absolute Gasteiger partial charge is 0.481 e. The van der Waals surface area contributed by atoms with E-state index < -0.39 is 21.9 Å². The Hall–Kier alpha value is -0.530. The van der Waals surface area contributed by atoms with Crippen molar-refractivity contribution in [1.29, 1.82) is 0 Å². The van der Waals surface area contributed by atoms with Crippen molar-refractivity contribution in [3.8, 4) is 0 Å². The molecule has 0 spiro atoms. The predicted molar refractivity (Wildman–Crippen MR) is 78.1 cm³/mol. The van der Waals surface area contributed by atoms with E-state index in [2.05, 4.69) is 4.72 Å². The Balaban J connectivity index is 2.88. The van der Waals surface area contributed by atoms with Crippen molar-refractivity contribution < 1.29 is 18.3 Å². The summed E-state index contributed by atoms with van der Waals surface area (Å²) in [6, 6.07) is 2.53. The van der Waals surface area contributed by atoms with Crippen molar-refractivity contribution in [3.05, 3.63) is 27.2 Å². The fourth-order valence-corrected chi connectivity index (χ4v) is 3.98. The van der Waals surface area contributed by atoms with E-state index >= 15 is 0 Å². The lowest BCUT2D eigenvalue weighted by Gasteiger charge is -2.11. The summed E-state index contributed by atoms with van der Waals surface area (Å²) < 4.78 is 26.4. The topological polar surface area (TPSA) is 83.5 Å². The summed E-state index contributed by atoms with van der Waals surface area (Å²) in [5, 5.41) is 8.74. The predicted octanol–water partition coefficient (Wildman–Crippen LogP) is 3.04. The molecule has 5 nitrogen and oxygen atoms in total. The van der Waals surface area contributed by atoms with Crippen LogP contribution < -0.4 is 4.72 Å². The first-order chi connectivity index (χ1) is 9.15. The SMILES string of the molecule is CC(CCNS(=O)(=O)c1c(Cl)cc(Cl)cc1Cl)C(=O)O. The standard InChI is InChI=1S/C11H12Cl3NO4S/c1-6(11(16)17)2-3-15-20(18,19)10-8(13)4-7(12)5-9(10)14/h4-6,15H,2-3H2,1H3,(H,16,17). The highest BCUT2D eigenvalue weighted by Gasteiger charge is 2.22. The van der Waals surface area contributed by atoms with Crippen LogP contribution in [0, 0.1) is 5.92 Å². The summed E-state index contributed by atoms with van der Waals surface area (Å²) >= 11 is 17.4. The number of nitrogens with one attached hydrogen (secondary N) is 1. The molecule has 0 heterocycles. The fraction of sp³-hybridized carbons (Fsp3) is 0.364. The Morgan fingerprint density at radius 2 is 1.80 bits per heavy atom. The third kappa shape index (κ3) is 4.49. The highest BCUT2D eigenvalue weighted by molar-refractivity contribution is 7.89. The quantitative estimate of drug-likeness (QED) is 0.816. The van der Waals surface area contributed by atoms with E-state index in [-0.39, 0.29) is 32.9 Å². The average Bonchev–Trinajstić information content (AvgIpc) is 2.26. The maximum Gasteiger partial charge on any atom is 0.306 e. The summed E-state index contributed by atoms with van der Waals surface area (Å²) in [4.78, 5) is 10.4. The molecule has 0 aliphatic carbocycles. The number of carboxylic acids is 1. The zero-order valence-corrected chi connectivity index (χ0v) is 13.4. The minimum atomic E-state index is -3.93. The number of carboxylic acid groups (broad SMARTS) is 1. The van der Waals surface area contributed by atoms with Gasteiger partial charge in [0, 0.05) is 11.6 Å². The van der Waals surface area contributed by atoms with Crippen molar-refractivity contribution in [2.45, 2.75) is 18.2 Å². The van der Waals surface area contributed by atoms with E-state index in [9.17, 15) is 13.2 Å². The number of carbonyl (C=O) groups is 1. The van der Waals surface area contributed by atoms with Gasteiger partial charge in [0.1, 0.15) is 4.90 Å². The van der Waals surface area contributed by atoms with Gasteiger partial charge in [-0.25, -0.2) is 13.1 Å². The molecule has 0 aliphatic rings. The molecular formula is C11H12Cl3NO4S. The van der Waals surface area contributed by atoms with Crippen molar-refractivity contribution in [2.24, 2.45) is 5.92 Å². The number of hydrogen-bond donors (Lipinski definition) is 2. The molecule has 0 fully saturated rings. The molecule has 0 radical (unpaired) electrons.